The Bertz CT molecular complexity index is 1270. The van der Waals surface area contributed by atoms with E-state index in [9.17, 15) is 8.42 Å². The summed E-state index contributed by atoms with van der Waals surface area (Å²) in [5, 5.41) is 7.72. The second-order valence-corrected chi connectivity index (χ2v) is 11.8. The van der Waals surface area contributed by atoms with Crippen LogP contribution in [0.5, 0.6) is 0 Å². The standard InChI is InChI=1S/C28H32N2O2S/c1-28(18-20-8-6-11-23(16-20)27(29)30)15-7-12-24(19-28)22-13-14-25(21-9-4-3-5-10-21)26(17-22)33(2,31)32/h3-6,8-11,13-14,16-17,24H,7,12,15,18-19H2,1-2H3,(H3,29,30). The van der Waals surface area contributed by atoms with Crippen LogP contribution in [-0.2, 0) is 16.3 Å². The third kappa shape index (κ3) is 5.36. The number of nitrogen functional groups attached to an aromatic ring is 1. The summed E-state index contributed by atoms with van der Waals surface area (Å²) in [6.07, 6.45) is 6.54. The molecule has 1 aliphatic carbocycles. The maximum Gasteiger partial charge on any atom is 0.176 e. The van der Waals surface area contributed by atoms with Gasteiger partial charge in [0.1, 0.15) is 5.84 Å². The van der Waals surface area contributed by atoms with Gasteiger partial charge in [-0.1, -0.05) is 74.0 Å². The fraction of sp³-hybridized carbons (Fsp3) is 0.321. The van der Waals surface area contributed by atoms with E-state index in [1.54, 1.807) is 0 Å². The van der Waals surface area contributed by atoms with Crippen LogP contribution in [0.15, 0.2) is 77.7 Å². The first-order valence-corrected chi connectivity index (χ1v) is 13.4. The smallest absolute Gasteiger partial charge is 0.176 e. The van der Waals surface area contributed by atoms with Crippen molar-refractivity contribution < 1.29 is 8.42 Å². The molecule has 0 amide bonds. The van der Waals surface area contributed by atoms with Gasteiger partial charge >= 0.3 is 0 Å². The first kappa shape index (κ1) is 23.2. The van der Waals surface area contributed by atoms with E-state index in [1.807, 2.05) is 60.7 Å². The van der Waals surface area contributed by atoms with Crippen molar-refractivity contribution in [1.29, 1.82) is 5.41 Å². The molecule has 5 heteroatoms. The van der Waals surface area contributed by atoms with Gasteiger partial charge < -0.3 is 5.73 Å². The Balaban J connectivity index is 1.63. The summed E-state index contributed by atoms with van der Waals surface area (Å²) < 4.78 is 25.4. The molecular formula is C28H32N2O2S. The van der Waals surface area contributed by atoms with Gasteiger partial charge in [-0.05, 0) is 65.8 Å². The van der Waals surface area contributed by atoms with E-state index < -0.39 is 9.84 Å². The van der Waals surface area contributed by atoms with Crippen LogP contribution in [0, 0.1) is 10.8 Å². The molecule has 33 heavy (non-hydrogen) atoms. The number of amidine groups is 1. The summed E-state index contributed by atoms with van der Waals surface area (Å²) in [6.45, 7) is 2.33. The molecule has 0 aliphatic heterocycles. The Hall–Kier alpha value is -2.92. The van der Waals surface area contributed by atoms with Gasteiger partial charge in [0.15, 0.2) is 9.84 Å². The lowest BCUT2D eigenvalue weighted by Gasteiger charge is -2.39. The van der Waals surface area contributed by atoms with Gasteiger partial charge in [0, 0.05) is 17.4 Å². The van der Waals surface area contributed by atoms with Gasteiger partial charge in [0.05, 0.1) is 4.90 Å². The Labute approximate surface area is 197 Å². The van der Waals surface area contributed by atoms with Gasteiger partial charge in [-0.2, -0.15) is 0 Å². The van der Waals surface area contributed by atoms with Crippen LogP contribution in [0.1, 0.15) is 55.2 Å². The highest BCUT2D eigenvalue weighted by Gasteiger charge is 2.33. The molecule has 3 aromatic carbocycles. The molecule has 0 heterocycles. The van der Waals surface area contributed by atoms with E-state index in [1.165, 1.54) is 11.8 Å². The lowest BCUT2D eigenvalue weighted by Crippen LogP contribution is -2.27. The van der Waals surface area contributed by atoms with Gasteiger partial charge in [0.25, 0.3) is 0 Å². The first-order chi connectivity index (χ1) is 15.6. The molecular weight excluding hydrogens is 428 g/mol. The zero-order chi connectivity index (χ0) is 23.6. The first-order valence-electron chi connectivity index (χ1n) is 11.5. The molecule has 0 radical (unpaired) electrons. The van der Waals surface area contributed by atoms with E-state index in [4.69, 9.17) is 11.1 Å². The Morgan fingerprint density at radius 3 is 2.52 bits per heavy atom. The molecule has 0 saturated heterocycles. The molecule has 4 nitrogen and oxygen atoms in total. The molecule has 0 spiro atoms. The maximum atomic E-state index is 12.7. The lowest BCUT2D eigenvalue weighted by molar-refractivity contribution is 0.192. The highest BCUT2D eigenvalue weighted by molar-refractivity contribution is 7.90. The molecule has 0 aromatic heterocycles. The monoisotopic (exact) mass is 460 g/mol. The van der Waals surface area contributed by atoms with E-state index in [-0.39, 0.29) is 11.3 Å². The van der Waals surface area contributed by atoms with Crippen molar-refractivity contribution in [2.24, 2.45) is 11.1 Å². The van der Waals surface area contributed by atoms with Crippen molar-refractivity contribution >= 4 is 15.7 Å². The Morgan fingerprint density at radius 2 is 1.82 bits per heavy atom. The van der Waals surface area contributed by atoms with Crippen LogP contribution in [-0.4, -0.2) is 20.5 Å². The topological polar surface area (TPSA) is 84.0 Å². The van der Waals surface area contributed by atoms with Gasteiger partial charge in [0.2, 0.25) is 0 Å². The fourth-order valence-electron chi connectivity index (χ4n) is 5.32. The number of nitrogens with two attached hydrogens (primary N) is 1. The largest absolute Gasteiger partial charge is 0.384 e. The number of benzene rings is 3. The summed E-state index contributed by atoms with van der Waals surface area (Å²) >= 11 is 0. The van der Waals surface area contributed by atoms with E-state index in [0.29, 0.717) is 10.8 Å². The molecule has 0 bridgehead atoms. The molecule has 1 aliphatic rings. The second-order valence-electron chi connectivity index (χ2n) is 9.79. The quantitative estimate of drug-likeness (QED) is 0.352. The third-order valence-corrected chi connectivity index (χ3v) is 8.04. The molecule has 3 aromatic rings. The van der Waals surface area contributed by atoms with Crippen LogP contribution >= 0.6 is 0 Å². The number of hydrogen-bond acceptors (Lipinski definition) is 3. The molecule has 1 saturated carbocycles. The Kier molecular flexibility index (Phi) is 6.44. The van der Waals surface area contributed by atoms with Crippen LogP contribution < -0.4 is 5.73 Å². The summed E-state index contributed by atoms with van der Waals surface area (Å²) in [5.74, 6) is 0.417. The zero-order valence-electron chi connectivity index (χ0n) is 19.3. The third-order valence-electron chi connectivity index (χ3n) is 6.90. The highest BCUT2D eigenvalue weighted by atomic mass is 32.2. The van der Waals surface area contributed by atoms with E-state index >= 15 is 0 Å². The van der Waals surface area contributed by atoms with Crippen molar-refractivity contribution in [3.8, 4) is 11.1 Å². The Morgan fingerprint density at radius 1 is 1.06 bits per heavy atom. The molecule has 4 rings (SSSR count). The number of rotatable bonds is 6. The van der Waals surface area contributed by atoms with Gasteiger partial charge in [-0.3, -0.25) is 5.41 Å². The summed E-state index contributed by atoms with van der Waals surface area (Å²) in [7, 11) is -3.36. The van der Waals surface area contributed by atoms with Crippen LogP contribution in [0.25, 0.3) is 11.1 Å². The minimum Gasteiger partial charge on any atom is -0.384 e. The minimum absolute atomic E-state index is 0.0929. The average Bonchev–Trinajstić information content (AvgIpc) is 2.78. The number of nitrogens with one attached hydrogen (secondary N) is 1. The molecule has 3 N–H and O–H groups in total. The molecule has 172 valence electrons. The zero-order valence-corrected chi connectivity index (χ0v) is 20.2. The maximum absolute atomic E-state index is 12.7. The lowest BCUT2D eigenvalue weighted by atomic mass is 9.66. The van der Waals surface area contributed by atoms with Crippen molar-refractivity contribution in [3.63, 3.8) is 0 Å². The van der Waals surface area contributed by atoms with Crippen LogP contribution in [0.3, 0.4) is 0 Å². The van der Waals surface area contributed by atoms with Crippen molar-refractivity contribution in [2.45, 2.75) is 49.8 Å². The number of hydrogen-bond donors (Lipinski definition) is 2. The number of sulfone groups is 1. The average molecular weight is 461 g/mol. The van der Waals surface area contributed by atoms with Gasteiger partial charge in [-0.25, -0.2) is 8.42 Å². The fourth-order valence-corrected chi connectivity index (χ4v) is 6.25. The summed E-state index contributed by atoms with van der Waals surface area (Å²) in [5.41, 5.74) is 10.6. The summed E-state index contributed by atoms with van der Waals surface area (Å²) in [4.78, 5) is 0.410. The van der Waals surface area contributed by atoms with E-state index in [2.05, 4.69) is 19.1 Å². The van der Waals surface area contributed by atoms with Crippen LogP contribution in [0.2, 0.25) is 0 Å². The second kappa shape index (κ2) is 9.14. The van der Waals surface area contributed by atoms with Crippen LogP contribution in [0.4, 0.5) is 0 Å². The predicted octanol–water partition coefficient (Wildman–Crippen LogP) is 5.95. The molecule has 2 unspecified atom stereocenters. The predicted molar refractivity (Wildman–Crippen MR) is 135 cm³/mol. The van der Waals surface area contributed by atoms with Crippen molar-refractivity contribution in [2.75, 3.05) is 6.26 Å². The van der Waals surface area contributed by atoms with Crippen molar-refractivity contribution in [3.05, 3.63) is 89.5 Å². The van der Waals surface area contributed by atoms with Gasteiger partial charge in [-0.15, -0.1) is 0 Å². The highest BCUT2D eigenvalue weighted by Crippen LogP contribution is 2.46. The normalized spacial score (nSPS) is 21.0. The summed E-state index contributed by atoms with van der Waals surface area (Å²) in [6, 6.07) is 23.7. The molecule has 1 fully saturated rings. The van der Waals surface area contributed by atoms with Crippen molar-refractivity contribution in [1.82, 2.24) is 0 Å². The minimum atomic E-state index is -3.36. The molecule has 2 atom stereocenters. The van der Waals surface area contributed by atoms with E-state index in [0.717, 1.165) is 54.4 Å². The SMILES string of the molecule is CC1(Cc2cccc(C(=N)N)c2)CCCC(c2ccc(-c3ccccc3)c(S(C)(=O)=O)c2)C1.